The van der Waals surface area contributed by atoms with Gasteiger partial charge in [-0.25, -0.2) is 0 Å². The summed E-state index contributed by atoms with van der Waals surface area (Å²) in [5.74, 6) is -0.419. The van der Waals surface area contributed by atoms with Crippen LogP contribution in [0.1, 0.15) is 13.3 Å². The lowest BCUT2D eigenvalue weighted by Gasteiger charge is -2.07. The predicted molar refractivity (Wildman–Crippen MR) is 41.3 cm³/mol. The molecule has 1 heterocycles. The van der Waals surface area contributed by atoms with Gasteiger partial charge in [-0.15, -0.1) is 0 Å². The molecule has 0 bridgehead atoms. The standard InChI is InChI=1S/C6H7NO3S/c1-2-10-6-7-4(8)3-5(9)11-6/h2-3H2,1H3. The molecule has 11 heavy (non-hydrogen) atoms. The SMILES string of the molecule is CCOC1=NC(=O)CC(=O)S1. The Labute approximate surface area is 68.0 Å². The first-order valence-electron chi connectivity index (χ1n) is 3.17. The molecule has 4 nitrogen and oxygen atoms in total. The van der Waals surface area contributed by atoms with E-state index < -0.39 is 5.91 Å². The Morgan fingerprint density at radius 2 is 2.36 bits per heavy atom. The highest BCUT2D eigenvalue weighted by Crippen LogP contribution is 2.15. The van der Waals surface area contributed by atoms with E-state index in [1.54, 1.807) is 6.92 Å². The second kappa shape index (κ2) is 3.52. The van der Waals surface area contributed by atoms with Crippen molar-refractivity contribution < 1.29 is 14.3 Å². The van der Waals surface area contributed by atoms with Gasteiger partial charge in [-0.3, -0.25) is 9.59 Å². The van der Waals surface area contributed by atoms with Gasteiger partial charge in [-0.05, 0) is 6.92 Å². The smallest absolute Gasteiger partial charge is 0.261 e. The van der Waals surface area contributed by atoms with E-state index >= 15 is 0 Å². The van der Waals surface area contributed by atoms with E-state index in [-0.39, 0.29) is 16.8 Å². The second-order valence-corrected chi connectivity index (χ2v) is 2.86. The molecule has 1 rings (SSSR count). The minimum Gasteiger partial charge on any atom is -0.473 e. The summed E-state index contributed by atoms with van der Waals surface area (Å²) in [6, 6.07) is 0. The molecule has 0 fully saturated rings. The number of rotatable bonds is 1. The molecule has 0 aliphatic carbocycles. The van der Waals surface area contributed by atoms with Crippen LogP contribution in [0.3, 0.4) is 0 Å². The van der Waals surface area contributed by atoms with Crippen molar-refractivity contribution in [2.75, 3.05) is 6.61 Å². The van der Waals surface area contributed by atoms with Crippen LogP contribution in [-0.2, 0) is 14.3 Å². The first-order valence-corrected chi connectivity index (χ1v) is 3.99. The summed E-state index contributed by atoms with van der Waals surface area (Å²) < 4.78 is 4.89. The number of thioether (sulfide) groups is 1. The monoisotopic (exact) mass is 173 g/mol. The summed E-state index contributed by atoms with van der Waals surface area (Å²) in [4.78, 5) is 24.9. The number of nitrogens with zero attached hydrogens (tertiary/aromatic N) is 1. The number of hydrogen-bond acceptors (Lipinski definition) is 4. The molecule has 5 heteroatoms. The zero-order chi connectivity index (χ0) is 8.27. The van der Waals surface area contributed by atoms with Gasteiger partial charge in [-0.1, -0.05) is 0 Å². The third-order valence-corrected chi connectivity index (χ3v) is 1.74. The fourth-order valence-electron chi connectivity index (χ4n) is 0.606. The summed E-state index contributed by atoms with van der Waals surface area (Å²) in [5.41, 5.74) is 0. The fraction of sp³-hybridized carbons (Fsp3) is 0.500. The molecule has 0 aromatic carbocycles. The molecule has 0 atom stereocenters. The lowest BCUT2D eigenvalue weighted by atomic mass is 10.4. The molecule has 0 saturated carbocycles. The van der Waals surface area contributed by atoms with E-state index in [4.69, 9.17) is 4.74 Å². The van der Waals surface area contributed by atoms with E-state index in [9.17, 15) is 9.59 Å². The molecule has 1 amide bonds. The number of carbonyl (C=O) groups excluding carboxylic acids is 2. The Morgan fingerprint density at radius 3 is 2.91 bits per heavy atom. The average Bonchev–Trinajstić information content (AvgIpc) is 1.85. The van der Waals surface area contributed by atoms with Gasteiger partial charge < -0.3 is 4.74 Å². The Hall–Kier alpha value is -0.840. The lowest BCUT2D eigenvalue weighted by molar-refractivity contribution is -0.122. The van der Waals surface area contributed by atoms with Crippen molar-refractivity contribution in [2.24, 2.45) is 4.99 Å². The van der Waals surface area contributed by atoms with Gasteiger partial charge in [0.05, 0.1) is 13.0 Å². The van der Waals surface area contributed by atoms with Crippen molar-refractivity contribution in [1.29, 1.82) is 0 Å². The van der Waals surface area contributed by atoms with Gasteiger partial charge in [-0.2, -0.15) is 4.99 Å². The Morgan fingerprint density at radius 1 is 1.64 bits per heavy atom. The van der Waals surface area contributed by atoms with E-state index in [1.807, 2.05) is 0 Å². The van der Waals surface area contributed by atoms with Crippen molar-refractivity contribution in [2.45, 2.75) is 13.3 Å². The summed E-state index contributed by atoms with van der Waals surface area (Å²) in [6.07, 6.45) is -0.110. The quantitative estimate of drug-likeness (QED) is 0.544. The van der Waals surface area contributed by atoms with Crippen LogP contribution in [-0.4, -0.2) is 22.9 Å². The zero-order valence-electron chi connectivity index (χ0n) is 5.99. The summed E-state index contributed by atoms with van der Waals surface area (Å²) in [5, 5.41) is -0.0257. The maximum Gasteiger partial charge on any atom is 0.261 e. The summed E-state index contributed by atoms with van der Waals surface area (Å²) >= 11 is 0.883. The van der Waals surface area contributed by atoms with Crippen molar-refractivity contribution in [3.05, 3.63) is 0 Å². The first kappa shape index (κ1) is 8.26. The van der Waals surface area contributed by atoms with Crippen molar-refractivity contribution in [1.82, 2.24) is 0 Å². The van der Waals surface area contributed by atoms with Crippen molar-refractivity contribution in [3.8, 4) is 0 Å². The van der Waals surface area contributed by atoms with E-state index in [2.05, 4.69) is 4.99 Å². The van der Waals surface area contributed by atoms with Crippen LogP contribution in [0.25, 0.3) is 0 Å². The Balaban J connectivity index is 2.64. The Bertz CT molecular complexity index is 224. The number of amides is 1. The normalized spacial score (nSPS) is 18.1. The van der Waals surface area contributed by atoms with Gasteiger partial charge >= 0.3 is 0 Å². The van der Waals surface area contributed by atoms with Crippen LogP contribution in [0.5, 0.6) is 0 Å². The van der Waals surface area contributed by atoms with E-state index in [0.29, 0.717) is 6.61 Å². The molecule has 0 aromatic rings. The number of ether oxygens (including phenoxy) is 1. The molecular formula is C6H7NO3S. The van der Waals surface area contributed by atoms with Crippen LogP contribution < -0.4 is 0 Å². The average molecular weight is 173 g/mol. The third kappa shape index (κ3) is 2.34. The zero-order valence-corrected chi connectivity index (χ0v) is 6.81. The van der Waals surface area contributed by atoms with E-state index in [0.717, 1.165) is 11.8 Å². The number of carbonyl (C=O) groups is 2. The van der Waals surface area contributed by atoms with Crippen molar-refractivity contribution in [3.63, 3.8) is 0 Å². The fourth-order valence-corrected chi connectivity index (χ4v) is 1.32. The van der Waals surface area contributed by atoms with E-state index in [1.165, 1.54) is 0 Å². The van der Waals surface area contributed by atoms with Gasteiger partial charge in [0.25, 0.3) is 11.1 Å². The van der Waals surface area contributed by atoms with Crippen LogP contribution >= 0.6 is 11.8 Å². The molecule has 1 aliphatic rings. The molecule has 1 aliphatic heterocycles. The third-order valence-electron chi connectivity index (χ3n) is 0.981. The van der Waals surface area contributed by atoms with Crippen LogP contribution in [0, 0.1) is 0 Å². The minimum absolute atomic E-state index is 0.110. The van der Waals surface area contributed by atoms with Crippen LogP contribution in [0.4, 0.5) is 0 Å². The molecular weight excluding hydrogens is 166 g/mol. The first-order chi connectivity index (χ1) is 5.22. The molecule has 0 spiro atoms. The maximum absolute atomic E-state index is 10.7. The second-order valence-electron chi connectivity index (χ2n) is 1.86. The van der Waals surface area contributed by atoms with Crippen molar-refractivity contribution >= 4 is 28.0 Å². The predicted octanol–water partition coefficient (Wildman–Crippen LogP) is 0.569. The van der Waals surface area contributed by atoms with Crippen LogP contribution in [0.15, 0.2) is 4.99 Å². The minimum atomic E-state index is -0.419. The number of aliphatic imine (C=N–C) groups is 1. The number of hydrogen-bond donors (Lipinski definition) is 0. The highest BCUT2D eigenvalue weighted by molar-refractivity contribution is 8.26. The maximum atomic E-state index is 10.7. The lowest BCUT2D eigenvalue weighted by Crippen LogP contribution is -2.15. The highest BCUT2D eigenvalue weighted by atomic mass is 32.2. The summed E-state index contributed by atoms with van der Waals surface area (Å²) in [6.45, 7) is 2.19. The van der Waals surface area contributed by atoms with Gasteiger partial charge in [0.15, 0.2) is 0 Å². The molecule has 0 aromatic heterocycles. The van der Waals surface area contributed by atoms with Gasteiger partial charge in [0, 0.05) is 11.8 Å². The van der Waals surface area contributed by atoms with Gasteiger partial charge in [0.1, 0.15) is 0 Å². The molecule has 0 saturated heterocycles. The molecule has 0 unspecified atom stereocenters. The molecule has 0 N–H and O–H groups in total. The largest absolute Gasteiger partial charge is 0.473 e. The van der Waals surface area contributed by atoms with Gasteiger partial charge in [0.2, 0.25) is 5.12 Å². The topological polar surface area (TPSA) is 55.7 Å². The highest BCUT2D eigenvalue weighted by Gasteiger charge is 2.20. The van der Waals surface area contributed by atoms with Crippen LogP contribution in [0.2, 0.25) is 0 Å². The molecule has 60 valence electrons. The summed E-state index contributed by atoms with van der Waals surface area (Å²) in [7, 11) is 0. The molecule has 0 radical (unpaired) electrons. The Kier molecular flexibility index (Phi) is 2.64.